The summed E-state index contributed by atoms with van der Waals surface area (Å²) in [5, 5.41) is 13.4. The highest BCUT2D eigenvalue weighted by Gasteiger charge is 2.22. The van der Waals surface area contributed by atoms with Gasteiger partial charge in [-0.15, -0.1) is 0 Å². The zero-order chi connectivity index (χ0) is 17.7. The Labute approximate surface area is 142 Å². The van der Waals surface area contributed by atoms with Crippen molar-refractivity contribution in [3.8, 4) is 6.07 Å². The predicted octanol–water partition coefficient (Wildman–Crippen LogP) is 3.49. The Balaban J connectivity index is 2.34. The largest absolute Gasteiger partial charge is 0.452 e. The van der Waals surface area contributed by atoms with Crippen molar-refractivity contribution in [1.29, 1.82) is 5.26 Å². The third-order valence-electron chi connectivity index (χ3n) is 3.70. The van der Waals surface area contributed by atoms with Crippen LogP contribution in [0, 0.1) is 24.2 Å². The molecule has 6 nitrogen and oxygen atoms in total. The van der Waals surface area contributed by atoms with E-state index >= 15 is 0 Å². The number of methoxy groups -OCH3 is 1. The van der Waals surface area contributed by atoms with Crippen LogP contribution in [0.4, 0.5) is 10.5 Å². The molecule has 2 aromatic rings. The minimum Gasteiger partial charge on any atom is -0.452 e. The summed E-state index contributed by atoms with van der Waals surface area (Å²) in [5.74, 6) is 0.454. The van der Waals surface area contributed by atoms with Crippen molar-refractivity contribution in [2.45, 2.75) is 33.9 Å². The van der Waals surface area contributed by atoms with Crippen molar-refractivity contribution in [3.05, 3.63) is 47.3 Å². The number of amides is 1. The molecule has 1 amide bonds. The molecule has 0 bridgehead atoms. The Morgan fingerprint density at radius 1 is 1.46 bits per heavy atom. The van der Waals surface area contributed by atoms with E-state index in [1.807, 2.05) is 17.7 Å². The molecule has 0 unspecified atom stereocenters. The predicted molar refractivity (Wildman–Crippen MR) is 91.5 cm³/mol. The van der Waals surface area contributed by atoms with Gasteiger partial charge in [0.05, 0.1) is 42.9 Å². The summed E-state index contributed by atoms with van der Waals surface area (Å²) in [6.07, 6.45) is 1.23. The molecule has 1 heterocycles. The fourth-order valence-corrected chi connectivity index (χ4v) is 2.51. The molecule has 0 aliphatic heterocycles. The standard InChI is InChI=1S/C18H22N4O2/c1-13(2)11-22-14(3)17(10-20-22)21(18(23)24-4)12-16-7-5-6-15(8-16)9-19/h5-8,10,13H,11-12H2,1-4H3. The second-order valence-corrected chi connectivity index (χ2v) is 6.06. The highest BCUT2D eigenvalue weighted by atomic mass is 16.5. The first-order chi connectivity index (χ1) is 11.5. The number of nitriles is 1. The first-order valence-corrected chi connectivity index (χ1v) is 7.83. The molecular weight excluding hydrogens is 304 g/mol. The average Bonchev–Trinajstić information content (AvgIpc) is 2.92. The number of hydrogen-bond donors (Lipinski definition) is 0. The quantitative estimate of drug-likeness (QED) is 0.843. The van der Waals surface area contributed by atoms with Crippen LogP contribution < -0.4 is 4.90 Å². The van der Waals surface area contributed by atoms with Gasteiger partial charge in [0.15, 0.2) is 0 Å². The van der Waals surface area contributed by atoms with E-state index in [4.69, 9.17) is 10.00 Å². The van der Waals surface area contributed by atoms with Gasteiger partial charge in [0.1, 0.15) is 0 Å². The van der Waals surface area contributed by atoms with E-state index in [1.165, 1.54) is 12.0 Å². The van der Waals surface area contributed by atoms with Crippen LogP contribution in [0.3, 0.4) is 0 Å². The van der Waals surface area contributed by atoms with E-state index in [-0.39, 0.29) is 0 Å². The zero-order valence-corrected chi connectivity index (χ0v) is 14.5. The maximum atomic E-state index is 12.3. The number of hydrogen-bond acceptors (Lipinski definition) is 4. The van der Waals surface area contributed by atoms with Crippen molar-refractivity contribution in [3.63, 3.8) is 0 Å². The van der Waals surface area contributed by atoms with Gasteiger partial charge < -0.3 is 4.74 Å². The number of benzene rings is 1. The number of ether oxygens (including phenoxy) is 1. The van der Waals surface area contributed by atoms with Crippen molar-refractivity contribution in [1.82, 2.24) is 9.78 Å². The third-order valence-corrected chi connectivity index (χ3v) is 3.70. The molecule has 1 aromatic heterocycles. The number of nitrogens with zero attached hydrogens (tertiary/aromatic N) is 4. The van der Waals surface area contributed by atoms with Gasteiger partial charge in [-0.2, -0.15) is 10.4 Å². The molecule has 2 rings (SSSR count). The Bertz CT molecular complexity index is 759. The highest BCUT2D eigenvalue weighted by Crippen LogP contribution is 2.23. The molecule has 0 saturated carbocycles. The summed E-state index contributed by atoms with van der Waals surface area (Å²) in [5.41, 5.74) is 3.04. The summed E-state index contributed by atoms with van der Waals surface area (Å²) in [6, 6.07) is 9.29. The molecule has 0 N–H and O–H groups in total. The van der Waals surface area contributed by atoms with Crippen LogP contribution in [0.5, 0.6) is 0 Å². The molecule has 6 heteroatoms. The molecule has 126 valence electrons. The second kappa shape index (κ2) is 7.64. The van der Waals surface area contributed by atoms with E-state index in [1.54, 1.807) is 24.4 Å². The van der Waals surface area contributed by atoms with E-state index < -0.39 is 6.09 Å². The Kier molecular flexibility index (Phi) is 5.59. The maximum absolute atomic E-state index is 12.3. The van der Waals surface area contributed by atoms with Gasteiger partial charge in [-0.1, -0.05) is 26.0 Å². The number of carbonyl (C=O) groups is 1. The van der Waals surface area contributed by atoms with Crippen molar-refractivity contribution >= 4 is 11.8 Å². The summed E-state index contributed by atoms with van der Waals surface area (Å²) in [7, 11) is 1.36. The molecule has 0 fully saturated rings. The van der Waals surface area contributed by atoms with E-state index in [2.05, 4.69) is 25.0 Å². The SMILES string of the molecule is COC(=O)N(Cc1cccc(C#N)c1)c1cnn(CC(C)C)c1C. The van der Waals surface area contributed by atoms with Crippen LogP contribution >= 0.6 is 0 Å². The average molecular weight is 326 g/mol. The zero-order valence-electron chi connectivity index (χ0n) is 14.5. The fourth-order valence-electron chi connectivity index (χ4n) is 2.51. The summed E-state index contributed by atoms with van der Waals surface area (Å²) >= 11 is 0. The van der Waals surface area contributed by atoms with Gasteiger partial charge in [-0.3, -0.25) is 9.58 Å². The monoisotopic (exact) mass is 326 g/mol. The topological polar surface area (TPSA) is 71.2 Å². The van der Waals surface area contributed by atoms with Gasteiger partial charge in [0.2, 0.25) is 0 Å². The van der Waals surface area contributed by atoms with Crippen molar-refractivity contribution in [2.24, 2.45) is 5.92 Å². The maximum Gasteiger partial charge on any atom is 0.414 e. The lowest BCUT2D eigenvalue weighted by atomic mass is 10.1. The fraction of sp³-hybridized carbons (Fsp3) is 0.389. The van der Waals surface area contributed by atoms with Crippen molar-refractivity contribution < 1.29 is 9.53 Å². The van der Waals surface area contributed by atoms with Gasteiger partial charge in [-0.05, 0) is 30.5 Å². The van der Waals surface area contributed by atoms with E-state index in [0.717, 1.165) is 17.8 Å². The van der Waals surface area contributed by atoms with E-state index in [0.29, 0.717) is 23.7 Å². The van der Waals surface area contributed by atoms with Crippen LogP contribution in [0.15, 0.2) is 30.5 Å². The molecule has 0 aliphatic rings. The number of aromatic nitrogens is 2. The van der Waals surface area contributed by atoms with Gasteiger partial charge in [0, 0.05) is 6.54 Å². The van der Waals surface area contributed by atoms with Gasteiger partial charge in [-0.25, -0.2) is 4.79 Å². The normalized spacial score (nSPS) is 10.5. The van der Waals surface area contributed by atoms with Gasteiger partial charge in [0.25, 0.3) is 0 Å². The Morgan fingerprint density at radius 3 is 2.83 bits per heavy atom. The Hall–Kier alpha value is -2.81. The Morgan fingerprint density at radius 2 is 2.21 bits per heavy atom. The molecule has 0 aliphatic carbocycles. The highest BCUT2D eigenvalue weighted by molar-refractivity contribution is 5.88. The lowest BCUT2D eigenvalue weighted by Crippen LogP contribution is -2.30. The molecule has 1 aromatic carbocycles. The molecule has 0 saturated heterocycles. The van der Waals surface area contributed by atoms with Crippen LogP contribution in [0.25, 0.3) is 0 Å². The molecule has 0 spiro atoms. The summed E-state index contributed by atoms with van der Waals surface area (Å²) in [6.45, 7) is 7.27. The number of carbonyl (C=O) groups excluding carboxylic acids is 1. The van der Waals surface area contributed by atoms with Gasteiger partial charge >= 0.3 is 6.09 Å². The first kappa shape index (κ1) is 17.5. The third kappa shape index (κ3) is 3.93. The first-order valence-electron chi connectivity index (χ1n) is 7.83. The van der Waals surface area contributed by atoms with Crippen LogP contribution in [-0.2, 0) is 17.8 Å². The molecule has 24 heavy (non-hydrogen) atoms. The van der Waals surface area contributed by atoms with Crippen LogP contribution in [-0.4, -0.2) is 23.0 Å². The number of rotatable bonds is 5. The summed E-state index contributed by atoms with van der Waals surface area (Å²) < 4.78 is 6.82. The van der Waals surface area contributed by atoms with Crippen LogP contribution in [0.1, 0.15) is 30.7 Å². The van der Waals surface area contributed by atoms with Crippen molar-refractivity contribution in [2.75, 3.05) is 12.0 Å². The van der Waals surface area contributed by atoms with E-state index in [9.17, 15) is 4.79 Å². The lowest BCUT2D eigenvalue weighted by Gasteiger charge is -2.21. The minimum atomic E-state index is -0.454. The lowest BCUT2D eigenvalue weighted by molar-refractivity contribution is 0.178. The summed E-state index contributed by atoms with van der Waals surface area (Å²) in [4.78, 5) is 13.8. The molecular formula is C18H22N4O2. The number of anilines is 1. The smallest absolute Gasteiger partial charge is 0.414 e. The molecule has 0 atom stereocenters. The minimum absolute atomic E-state index is 0.316. The molecule has 0 radical (unpaired) electrons. The van der Waals surface area contributed by atoms with Crippen LogP contribution in [0.2, 0.25) is 0 Å². The second-order valence-electron chi connectivity index (χ2n) is 6.06.